The Hall–Kier alpha value is -2.36. The first-order chi connectivity index (χ1) is 11.7. The normalized spacial score (nSPS) is 18.4. The molecule has 0 aliphatic carbocycles. The maximum atomic E-state index is 12.9. The van der Waals surface area contributed by atoms with Gasteiger partial charge in [-0.1, -0.05) is 13.0 Å². The molecule has 0 spiro atoms. The summed E-state index contributed by atoms with van der Waals surface area (Å²) in [6.45, 7) is 5.05. The number of aromatic nitrogens is 1. The number of hydrogen-bond donors (Lipinski definition) is 0. The van der Waals surface area contributed by atoms with Gasteiger partial charge in [-0.05, 0) is 50.3 Å². The fourth-order valence-corrected chi connectivity index (χ4v) is 3.74. The molecule has 4 heteroatoms. The largest absolute Gasteiger partial charge is 0.399 e. The molecule has 2 aromatic heterocycles. The number of aromatic amines is 1. The van der Waals surface area contributed by atoms with Crippen LogP contribution in [0.3, 0.4) is 0 Å². The molecule has 1 amide bonds. The molecular weight excluding hydrogens is 300 g/mol. The van der Waals surface area contributed by atoms with Crippen LogP contribution in [0.5, 0.6) is 0 Å². The molecule has 4 rings (SSSR count). The van der Waals surface area contributed by atoms with Gasteiger partial charge < -0.3 is 9.32 Å². The number of fused-ring (bicyclic) bond motifs is 2. The zero-order valence-electron chi connectivity index (χ0n) is 14.3. The molecule has 1 aliphatic rings. The molecule has 3 aromatic rings. The summed E-state index contributed by atoms with van der Waals surface area (Å²) in [5.74, 6) is 0.458. The minimum atomic E-state index is 0.0198. The highest BCUT2D eigenvalue weighted by Crippen LogP contribution is 2.25. The minimum Gasteiger partial charge on any atom is -0.399 e. The zero-order valence-corrected chi connectivity index (χ0v) is 14.3. The molecule has 0 bridgehead atoms. The Kier molecular flexibility index (Phi) is 3.75. The van der Waals surface area contributed by atoms with Crippen LogP contribution in [0.1, 0.15) is 48.7 Å². The van der Waals surface area contributed by atoms with Crippen molar-refractivity contribution in [2.45, 2.75) is 45.6 Å². The molecule has 1 atom stereocenters. The molecule has 1 aromatic carbocycles. The lowest BCUT2D eigenvalue weighted by Crippen LogP contribution is -2.43. The van der Waals surface area contributed by atoms with Crippen LogP contribution >= 0.6 is 0 Å². The van der Waals surface area contributed by atoms with Crippen LogP contribution < -0.4 is 4.98 Å². The van der Waals surface area contributed by atoms with Crippen LogP contribution in [0, 0.1) is 6.92 Å². The molecule has 1 unspecified atom stereocenters. The van der Waals surface area contributed by atoms with Crippen LogP contribution in [0.4, 0.5) is 0 Å². The van der Waals surface area contributed by atoms with E-state index in [9.17, 15) is 4.79 Å². The Morgan fingerprint density at radius 1 is 1.25 bits per heavy atom. The monoisotopic (exact) mass is 323 g/mol. The van der Waals surface area contributed by atoms with Crippen molar-refractivity contribution in [2.75, 3.05) is 6.54 Å². The van der Waals surface area contributed by atoms with Crippen LogP contribution in [-0.2, 0) is 0 Å². The average Bonchev–Trinajstić information content (AvgIpc) is 3.01. The molecule has 124 valence electrons. The summed E-state index contributed by atoms with van der Waals surface area (Å²) in [4.78, 5) is 18.2. The summed E-state index contributed by atoms with van der Waals surface area (Å²) in [6, 6.07) is 10.6. The van der Waals surface area contributed by atoms with Gasteiger partial charge in [0.15, 0.2) is 5.76 Å². The topological polar surface area (TPSA) is 47.6 Å². The smallest absolute Gasteiger partial charge is 0.379 e. The second-order valence-corrected chi connectivity index (χ2v) is 6.81. The van der Waals surface area contributed by atoms with E-state index in [0.29, 0.717) is 17.5 Å². The van der Waals surface area contributed by atoms with E-state index in [1.807, 2.05) is 11.0 Å². The number of carbonyl (C=O) groups is 1. The number of pyridine rings is 1. The number of nitrogens with zero attached hydrogens (tertiary/aromatic N) is 1. The summed E-state index contributed by atoms with van der Waals surface area (Å²) in [5.41, 5.74) is 2.89. The van der Waals surface area contributed by atoms with E-state index in [4.69, 9.17) is 4.42 Å². The number of H-pyrrole nitrogens is 1. The molecule has 1 N–H and O–H groups in total. The number of hydrogen-bond acceptors (Lipinski definition) is 2. The van der Waals surface area contributed by atoms with Crippen molar-refractivity contribution >= 4 is 27.9 Å². The third-order valence-electron chi connectivity index (χ3n) is 5.10. The van der Waals surface area contributed by atoms with E-state index in [2.05, 4.69) is 43.1 Å². The van der Waals surface area contributed by atoms with E-state index in [1.165, 1.54) is 12.0 Å². The summed E-state index contributed by atoms with van der Waals surface area (Å²) in [7, 11) is 0. The van der Waals surface area contributed by atoms with E-state index in [1.54, 1.807) is 0 Å². The van der Waals surface area contributed by atoms with E-state index in [-0.39, 0.29) is 5.91 Å². The SMILES string of the molecule is CCC1CCCCN1C(=O)c1cc2cc3ccc(C)cc3[nH+]c2o1. The Bertz CT molecular complexity index is 913. The van der Waals surface area contributed by atoms with E-state index >= 15 is 0 Å². The zero-order chi connectivity index (χ0) is 16.7. The molecule has 1 saturated heterocycles. The highest BCUT2D eigenvalue weighted by atomic mass is 16.4. The van der Waals surface area contributed by atoms with Crippen molar-refractivity contribution in [3.05, 3.63) is 41.7 Å². The number of carbonyl (C=O) groups excluding carboxylic acids is 1. The first-order valence-corrected chi connectivity index (χ1v) is 8.83. The molecule has 0 saturated carbocycles. The van der Waals surface area contributed by atoms with Crippen LogP contribution in [-0.4, -0.2) is 23.4 Å². The summed E-state index contributed by atoms with van der Waals surface area (Å²) in [5, 5.41) is 2.07. The number of piperidine rings is 1. The Balaban J connectivity index is 1.73. The van der Waals surface area contributed by atoms with Gasteiger partial charge in [0.25, 0.3) is 5.91 Å². The molecule has 4 nitrogen and oxygen atoms in total. The predicted molar refractivity (Wildman–Crippen MR) is 94.0 cm³/mol. The van der Waals surface area contributed by atoms with Gasteiger partial charge >= 0.3 is 5.71 Å². The van der Waals surface area contributed by atoms with Crippen molar-refractivity contribution in [2.24, 2.45) is 0 Å². The van der Waals surface area contributed by atoms with Crippen molar-refractivity contribution in [3.8, 4) is 0 Å². The van der Waals surface area contributed by atoms with Crippen LogP contribution in [0.15, 0.2) is 34.7 Å². The maximum Gasteiger partial charge on any atom is 0.379 e. The summed E-state index contributed by atoms with van der Waals surface area (Å²) in [6.07, 6.45) is 4.39. The summed E-state index contributed by atoms with van der Waals surface area (Å²) < 4.78 is 5.88. The van der Waals surface area contributed by atoms with Gasteiger partial charge in [0.2, 0.25) is 5.52 Å². The third-order valence-corrected chi connectivity index (χ3v) is 5.10. The molecule has 24 heavy (non-hydrogen) atoms. The number of rotatable bonds is 2. The minimum absolute atomic E-state index is 0.0198. The Morgan fingerprint density at radius 3 is 2.96 bits per heavy atom. The number of likely N-dealkylation sites (tertiary alicyclic amines) is 1. The molecule has 3 heterocycles. The number of furan rings is 1. The molecule has 1 fully saturated rings. The van der Waals surface area contributed by atoms with Gasteiger partial charge in [-0.2, -0.15) is 4.98 Å². The van der Waals surface area contributed by atoms with Gasteiger partial charge in [0.05, 0.1) is 5.39 Å². The Labute approximate surface area is 141 Å². The van der Waals surface area contributed by atoms with Crippen molar-refractivity contribution in [3.63, 3.8) is 0 Å². The quantitative estimate of drug-likeness (QED) is 0.712. The van der Waals surface area contributed by atoms with Crippen molar-refractivity contribution in [1.29, 1.82) is 0 Å². The van der Waals surface area contributed by atoms with Crippen molar-refractivity contribution < 1.29 is 14.2 Å². The molecule has 1 aliphatic heterocycles. The number of benzene rings is 1. The highest BCUT2D eigenvalue weighted by molar-refractivity contribution is 5.97. The lowest BCUT2D eigenvalue weighted by atomic mass is 10.00. The van der Waals surface area contributed by atoms with Gasteiger partial charge in [-0.25, -0.2) is 0 Å². The van der Waals surface area contributed by atoms with Gasteiger partial charge in [-0.3, -0.25) is 4.79 Å². The lowest BCUT2D eigenvalue weighted by Gasteiger charge is -2.34. The third kappa shape index (κ3) is 2.56. The predicted octanol–water partition coefficient (Wildman–Crippen LogP) is 4.11. The number of amides is 1. The fraction of sp³-hybridized carbons (Fsp3) is 0.400. The standard InChI is InChI=1S/C20H22N2O2/c1-3-16-6-4-5-9-22(16)20(23)18-12-15-11-14-8-7-13(2)10-17(14)21-19(15)24-18/h7-8,10-12,16H,3-6,9H2,1-2H3/p+1. The first kappa shape index (κ1) is 15.2. The Morgan fingerprint density at radius 2 is 2.12 bits per heavy atom. The fourth-order valence-electron chi connectivity index (χ4n) is 3.74. The van der Waals surface area contributed by atoms with Crippen molar-refractivity contribution in [1.82, 2.24) is 4.90 Å². The highest BCUT2D eigenvalue weighted by Gasteiger charge is 2.29. The maximum absolute atomic E-state index is 12.9. The van der Waals surface area contributed by atoms with E-state index in [0.717, 1.165) is 42.1 Å². The second-order valence-electron chi connectivity index (χ2n) is 6.81. The van der Waals surface area contributed by atoms with Gasteiger partial charge in [0.1, 0.15) is 0 Å². The lowest BCUT2D eigenvalue weighted by molar-refractivity contribution is -0.322. The van der Waals surface area contributed by atoms with Crippen LogP contribution in [0.25, 0.3) is 22.0 Å². The van der Waals surface area contributed by atoms with Gasteiger partial charge in [0, 0.05) is 30.1 Å². The van der Waals surface area contributed by atoms with Crippen LogP contribution in [0.2, 0.25) is 0 Å². The number of aryl methyl sites for hydroxylation is 1. The van der Waals surface area contributed by atoms with E-state index < -0.39 is 0 Å². The van der Waals surface area contributed by atoms with Gasteiger partial charge in [-0.15, -0.1) is 0 Å². The average molecular weight is 323 g/mol. The second kappa shape index (κ2) is 5.93. The summed E-state index contributed by atoms with van der Waals surface area (Å²) >= 11 is 0. The number of nitrogens with one attached hydrogen (secondary N) is 1. The first-order valence-electron chi connectivity index (χ1n) is 8.83. The molecular formula is C20H23N2O2+. The molecule has 0 radical (unpaired) electrons.